The fraction of sp³-hybridized carbons (Fsp3) is 0.222. The van der Waals surface area contributed by atoms with Crippen LogP contribution in [-0.2, 0) is 4.74 Å². The van der Waals surface area contributed by atoms with E-state index in [2.05, 4.69) is 34.1 Å². The molecule has 0 rings (SSSR count). The SMILES string of the molecule is C=C/C=C(/OCC=C)C(Br)=NC. The first-order chi connectivity index (χ1) is 5.76. The Morgan fingerprint density at radius 3 is 2.67 bits per heavy atom. The van der Waals surface area contributed by atoms with Crippen LogP contribution in [-0.4, -0.2) is 18.3 Å². The summed E-state index contributed by atoms with van der Waals surface area (Å²) < 4.78 is 5.95. The molecule has 0 aliphatic heterocycles. The molecule has 0 heterocycles. The molecule has 0 aromatic carbocycles. The second kappa shape index (κ2) is 6.85. The van der Waals surface area contributed by atoms with Crippen LogP contribution in [0.25, 0.3) is 0 Å². The zero-order valence-corrected chi connectivity index (χ0v) is 8.67. The predicted molar refractivity (Wildman–Crippen MR) is 56.7 cm³/mol. The van der Waals surface area contributed by atoms with Crippen molar-refractivity contribution in [1.82, 2.24) is 0 Å². The number of nitrogens with zero attached hydrogens (tertiary/aromatic N) is 1. The van der Waals surface area contributed by atoms with E-state index < -0.39 is 0 Å². The number of rotatable bonds is 5. The van der Waals surface area contributed by atoms with Gasteiger partial charge in [0.1, 0.15) is 11.2 Å². The number of aliphatic imine (C=N–C) groups is 1. The number of ether oxygens (including phenoxy) is 1. The van der Waals surface area contributed by atoms with Crippen molar-refractivity contribution in [2.45, 2.75) is 0 Å². The summed E-state index contributed by atoms with van der Waals surface area (Å²) in [5.74, 6) is 0.660. The quantitative estimate of drug-likeness (QED) is 0.308. The lowest BCUT2D eigenvalue weighted by atomic mass is 10.4. The first-order valence-electron chi connectivity index (χ1n) is 3.45. The van der Waals surface area contributed by atoms with E-state index in [1.54, 1.807) is 25.3 Å². The molecule has 0 aromatic rings. The van der Waals surface area contributed by atoms with Crippen LogP contribution in [0.15, 0.2) is 42.1 Å². The fourth-order valence-electron chi connectivity index (χ4n) is 0.542. The van der Waals surface area contributed by atoms with Gasteiger partial charge in [-0.2, -0.15) is 0 Å². The number of allylic oxidation sites excluding steroid dienone is 3. The van der Waals surface area contributed by atoms with E-state index in [1.165, 1.54) is 0 Å². The van der Waals surface area contributed by atoms with Crippen LogP contribution in [0, 0.1) is 0 Å². The fourth-order valence-corrected chi connectivity index (χ4v) is 0.789. The molecule has 0 unspecified atom stereocenters. The summed E-state index contributed by atoms with van der Waals surface area (Å²) in [4.78, 5) is 3.92. The van der Waals surface area contributed by atoms with E-state index in [9.17, 15) is 0 Å². The van der Waals surface area contributed by atoms with Crippen LogP contribution < -0.4 is 0 Å². The molecule has 0 aliphatic rings. The van der Waals surface area contributed by atoms with Crippen LogP contribution in [0.3, 0.4) is 0 Å². The Morgan fingerprint density at radius 2 is 2.25 bits per heavy atom. The average molecular weight is 230 g/mol. The highest BCUT2D eigenvalue weighted by Gasteiger charge is 2.00. The van der Waals surface area contributed by atoms with E-state index in [4.69, 9.17) is 4.74 Å². The smallest absolute Gasteiger partial charge is 0.152 e. The minimum atomic E-state index is 0.463. The van der Waals surface area contributed by atoms with Crippen molar-refractivity contribution in [3.63, 3.8) is 0 Å². The average Bonchev–Trinajstić information content (AvgIpc) is 2.11. The molecular weight excluding hydrogens is 218 g/mol. The molecule has 0 atom stereocenters. The minimum Gasteiger partial charge on any atom is -0.487 e. The highest BCUT2D eigenvalue weighted by molar-refractivity contribution is 9.18. The molecule has 3 heteroatoms. The van der Waals surface area contributed by atoms with Crippen molar-refractivity contribution in [1.29, 1.82) is 0 Å². The van der Waals surface area contributed by atoms with Gasteiger partial charge in [-0.15, -0.1) is 0 Å². The van der Waals surface area contributed by atoms with E-state index in [1.807, 2.05) is 0 Å². The van der Waals surface area contributed by atoms with Crippen molar-refractivity contribution >= 4 is 20.6 Å². The van der Waals surface area contributed by atoms with Gasteiger partial charge in [-0.25, -0.2) is 0 Å². The number of halogens is 1. The molecule has 2 nitrogen and oxygen atoms in total. The van der Waals surface area contributed by atoms with Gasteiger partial charge in [-0.3, -0.25) is 4.99 Å². The van der Waals surface area contributed by atoms with Crippen LogP contribution >= 0.6 is 15.9 Å². The molecule has 0 saturated carbocycles. The van der Waals surface area contributed by atoms with Crippen LogP contribution in [0.4, 0.5) is 0 Å². The molecular formula is C9H12BrNO. The van der Waals surface area contributed by atoms with Crippen molar-refractivity contribution < 1.29 is 4.74 Å². The lowest BCUT2D eigenvalue weighted by molar-refractivity contribution is 0.270. The van der Waals surface area contributed by atoms with Gasteiger partial charge in [0.2, 0.25) is 0 Å². The third kappa shape index (κ3) is 4.13. The Labute approximate surface area is 81.5 Å². The molecule has 0 N–H and O–H groups in total. The molecule has 0 fully saturated rings. The predicted octanol–water partition coefficient (Wildman–Crippen LogP) is 2.68. The Kier molecular flexibility index (Phi) is 6.38. The number of hydrogen-bond acceptors (Lipinski definition) is 2. The highest BCUT2D eigenvalue weighted by Crippen LogP contribution is 2.06. The summed E-state index contributed by atoms with van der Waals surface area (Å²) in [7, 11) is 1.68. The third-order valence-electron chi connectivity index (χ3n) is 1.03. The molecule has 0 spiro atoms. The topological polar surface area (TPSA) is 21.6 Å². The Morgan fingerprint density at radius 1 is 1.58 bits per heavy atom. The van der Waals surface area contributed by atoms with Gasteiger partial charge in [0.05, 0.1) is 0 Å². The zero-order valence-electron chi connectivity index (χ0n) is 7.09. The lowest BCUT2D eigenvalue weighted by Gasteiger charge is -2.04. The van der Waals surface area contributed by atoms with Crippen LogP contribution in [0.5, 0.6) is 0 Å². The monoisotopic (exact) mass is 229 g/mol. The van der Waals surface area contributed by atoms with E-state index in [0.29, 0.717) is 17.0 Å². The molecule has 0 bridgehead atoms. The summed E-state index contributed by atoms with van der Waals surface area (Å²) in [6, 6.07) is 0. The summed E-state index contributed by atoms with van der Waals surface area (Å²) in [6.45, 7) is 7.57. The van der Waals surface area contributed by atoms with E-state index in [-0.39, 0.29) is 0 Å². The Hall–Kier alpha value is -0.830. The molecule has 12 heavy (non-hydrogen) atoms. The van der Waals surface area contributed by atoms with Crippen molar-refractivity contribution in [2.24, 2.45) is 4.99 Å². The summed E-state index contributed by atoms with van der Waals surface area (Å²) in [5.41, 5.74) is 0. The van der Waals surface area contributed by atoms with Crippen LogP contribution in [0.1, 0.15) is 0 Å². The van der Waals surface area contributed by atoms with Gasteiger partial charge < -0.3 is 4.74 Å². The second-order valence-electron chi connectivity index (χ2n) is 1.88. The van der Waals surface area contributed by atoms with Crippen molar-refractivity contribution in [2.75, 3.05) is 13.7 Å². The second-order valence-corrected chi connectivity index (χ2v) is 2.63. The number of hydrogen-bond donors (Lipinski definition) is 0. The first kappa shape index (κ1) is 11.2. The minimum absolute atomic E-state index is 0.463. The maximum Gasteiger partial charge on any atom is 0.152 e. The molecule has 0 aliphatic carbocycles. The summed E-state index contributed by atoms with van der Waals surface area (Å²) >= 11 is 3.25. The van der Waals surface area contributed by atoms with Gasteiger partial charge in [-0.1, -0.05) is 25.3 Å². The van der Waals surface area contributed by atoms with E-state index in [0.717, 1.165) is 0 Å². The Balaban J connectivity index is 4.33. The molecule has 66 valence electrons. The highest BCUT2D eigenvalue weighted by atomic mass is 79.9. The van der Waals surface area contributed by atoms with Gasteiger partial charge >= 0.3 is 0 Å². The largest absolute Gasteiger partial charge is 0.487 e. The standard InChI is InChI=1S/C9H12BrNO/c1-4-6-8(9(10)11-3)12-7-5-2/h4-6H,1-2,7H2,3H3/b8-6+,11-9?. The molecule has 0 radical (unpaired) electrons. The normalized spacial score (nSPS) is 12.5. The first-order valence-corrected chi connectivity index (χ1v) is 4.24. The van der Waals surface area contributed by atoms with Crippen molar-refractivity contribution in [3.8, 4) is 0 Å². The van der Waals surface area contributed by atoms with Crippen molar-refractivity contribution in [3.05, 3.63) is 37.1 Å². The zero-order chi connectivity index (χ0) is 9.40. The van der Waals surface area contributed by atoms with Gasteiger partial charge in [0.25, 0.3) is 0 Å². The molecule has 0 aromatic heterocycles. The lowest BCUT2D eigenvalue weighted by Crippen LogP contribution is -1.99. The van der Waals surface area contributed by atoms with Crippen LogP contribution in [0.2, 0.25) is 0 Å². The maximum atomic E-state index is 5.28. The molecule has 0 amide bonds. The Bertz CT molecular complexity index is 219. The molecule has 0 saturated heterocycles. The van der Waals surface area contributed by atoms with E-state index >= 15 is 0 Å². The summed E-state index contributed by atoms with van der Waals surface area (Å²) in [6.07, 6.45) is 5.05. The third-order valence-corrected chi connectivity index (χ3v) is 1.77. The van der Waals surface area contributed by atoms with Gasteiger partial charge in [0, 0.05) is 7.05 Å². The summed E-state index contributed by atoms with van der Waals surface area (Å²) in [5, 5.41) is 0. The van der Waals surface area contributed by atoms with Gasteiger partial charge in [-0.05, 0) is 22.0 Å². The maximum absolute atomic E-state index is 5.28. The van der Waals surface area contributed by atoms with Gasteiger partial charge in [0.15, 0.2) is 5.76 Å².